The SMILES string of the molecule is Cc1onc(-c2ccccc2Cl)c1C(=O)N1CCC(c2nc3ccccc3s2)CC1. The highest BCUT2D eigenvalue weighted by molar-refractivity contribution is 7.18. The zero-order chi connectivity index (χ0) is 20.7. The summed E-state index contributed by atoms with van der Waals surface area (Å²) in [5.41, 5.74) is 2.78. The maximum absolute atomic E-state index is 13.3. The monoisotopic (exact) mass is 437 g/mol. The van der Waals surface area contributed by atoms with E-state index in [9.17, 15) is 4.79 Å². The van der Waals surface area contributed by atoms with E-state index in [0.717, 1.165) is 18.4 Å². The van der Waals surface area contributed by atoms with Crippen LogP contribution >= 0.6 is 22.9 Å². The number of fused-ring (bicyclic) bond motifs is 1. The number of carbonyl (C=O) groups excluding carboxylic acids is 1. The summed E-state index contributed by atoms with van der Waals surface area (Å²) in [5.74, 6) is 0.854. The van der Waals surface area contributed by atoms with Crippen molar-refractivity contribution in [2.24, 2.45) is 0 Å². The number of hydrogen-bond acceptors (Lipinski definition) is 5. The van der Waals surface area contributed by atoms with Crippen molar-refractivity contribution in [2.75, 3.05) is 13.1 Å². The summed E-state index contributed by atoms with van der Waals surface area (Å²) < 4.78 is 6.59. The van der Waals surface area contributed by atoms with E-state index in [2.05, 4.69) is 17.3 Å². The predicted octanol–water partition coefficient (Wildman–Crippen LogP) is 5.93. The molecule has 1 aliphatic heterocycles. The van der Waals surface area contributed by atoms with E-state index in [1.807, 2.05) is 35.2 Å². The molecule has 5 rings (SSSR count). The number of halogens is 1. The number of piperidine rings is 1. The average Bonchev–Trinajstić information content (AvgIpc) is 3.37. The van der Waals surface area contributed by atoms with Gasteiger partial charge in [0.05, 0.1) is 20.2 Å². The number of rotatable bonds is 3. The number of carbonyl (C=O) groups is 1. The largest absolute Gasteiger partial charge is 0.360 e. The van der Waals surface area contributed by atoms with Crippen molar-refractivity contribution in [3.05, 3.63) is 69.9 Å². The van der Waals surface area contributed by atoms with Gasteiger partial charge in [0.1, 0.15) is 17.0 Å². The lowest BCUT2D eigenvalue weighted by Crippen LogP contribution is -2.38. The summed E-state index contributed by atoms with van der Waals surface area (Å²) in [4.78, 5) is 20.0. The van der Waals surface area contributed by atoms with E-state index in [0.29, 0.717) is 46.6 Å². The molecule has 0 N–H and O–H groups in total. The highest BCUT2D eigenvalue weighted by Crippen LogP contribution is 2.36. The Bertz CT molecular complexity index is 1190. The van der Waals surface area contributed by atoms with Crippen molar-refractivity contribution in [3.8, 4) is 11.3 Å². The molecule has 7 heteroatoms. The fourth-order valence-electron chi connectivity index (χ4n) is 4.01. The van der Waals surface area contributed by atoms with Crippen LogP contribution in [0.5, 0.6) is 0 Å². The second-order valence-corrected chi connectivity index (χ2v) is 9.00. The van der Waals surface area contributed by atoms with Crippen molar-refractivity contribution >= 4 is 39.1 Å². The van der Waals surface area contributed by atoms with Gasteiger partial charge < -0.3 is 9.42 Å². The first-order valence-corrected chi connectivity index (χ1v) is 11.2. The molecule has 0 aliphatic carbocycles. The molecule has 0 saturated carbocycles. The zero-order valence-corrected chi connectivity index (χ0v) is 18.0. The number of likely N-dealkylation sites (tertiary alicyclic amines) is 1. The fraction of sp³-hybridized carbons (Fsp3) is 0.261. The van der Waals surface area contributed by atoms with Crippen LogP contribution in [0.15, 0.2) is 53.1 Å². The topological polar surface area (TPSA) is 59.2 Å². The van der Waals surface area contributed by atoms with Crippen molar-refractivity contribution in [2.45, 2.75) is 25.7 Å². The minimum Gasteiger partial charge on any atom is -0.360 e. The van der Waals surface area contributed by atoms with Crippen LogP contribution in [0.1, 0.15) is 39.9 Å². The van der Waals surface area contributed by atoms with Gasteiger partial charge in [0.2, 0.25) is 0 Å². The molecular formula is C23H20ClN3O2S. The van der Waals surface area contributed by atoms with E-state index in [1.165, 1.54) is 9.71 Å². The van der Waals surface area contributed by atoms with Crippen LogP contribution in [0, 0.1) is 6.92 Å². The van der Waals surface area contributed by atoms with Crippen molar-refractivity contribution in [3.63, 3.8) is 0 Å². The molecule has 0 bridgehead atoms. The molecule has 0 spiro atoms. The highest BCUT2D eigenvalue weighted by atomic mass is 35.5. The molecule has 2 aromatic heterocycles. The number of benzene rings is 2. The van der Waals surface area contributed by atoms with Gasteiger partial charge in [0, 0.05) is 24.6 Å². The number of nitrogens with zero attached hydrogens (tertiary/aromatic N) is 3. The summed E-state index contributed by atoms with van der Waals surface area (Å²) in [6, 6.07) is 15.6. The van der Waals surface area contributed by atoms with Crippen LogP contribution in [-0.4, -0.2) is 34.0 Å². The van der Waals surface area contributed by atoms with Crippen molar-refractivity contribution in [1.29, 1.82) is 0 Å². The van der Waals surface area contributed by atoms with Crippen molar-refractivity contribution < 1.29 is 9.32 Å². The zero-order valence-electron chi connectivity index (χ0n) is 16.5. The summed E-state index contributed by atoms with van der Waals surface area (Å²) in [6.07, 6.45) is 1.80. The summed E-state index contributed by atoms with van der Waals surface area (Å²) >= 11 is 8.10. The summed E-state index contributed by atoms with van der Waals surface area (Å²) in [7, 11) is 0. The molecule has 4 aromatic rings. The smallest absolute Gasteiger partial charge is 0.259 e. The molecule has 1 fully saturated rings. The molecule has 2 aromatic carbocycles. The third-order valence-electron chi connectivity index (χ3n) is 5.65. The second-order valence-electron chi connectivity index (χ2n) is 7.53. The summed E-state index contributed by atoms with van der Waals surface area (Å²) in [5, 5.41) is 5.85. The van der Waals surface area contributed by atoms with Gasteiger partial charge >= 0.3 is 0 Å². The quantitative estimate of drug-likeness (QED) is 0.398. The van der Waals surface area contributed by atoms with Gasteiger partial charge in [-0.1, -0.05) is 47.1 Å². The van der Waals surface area contributed by atoms with Crippen LogP contribution in [0.4, 0.5) is 0 Å². The van der Waals surface area contributed by atoms with E-state index in [4.69, 9.17) is 21.1 Å². The van der Waals surface area contributed by atoms with Crippen LogP contribution in [0.25, 0.3) is 21.5 Å². The van der Waals surface area contributed by atoms with E-state index in [-0.39, 0.29) is 5.91 Å². The van der Waals surface area contributed by atoms with Gasteiger partial charge in [-0.25, -0.2) is 4.98 Å². The maximum Gasteiger partial charge on any atom is 0.259 e. The van der Waals surface area contributed by atoms with Crippen LogP contribution in [-0.2, 0) is 0 Å². The first-order chi connectivity index (χ1) is 14.6. The Morgan fingerprint density at radius 3 is 2.63 bits per heavy atom. The number of hydrogen-bond donors (Lipinski definition) is 0. The fourth-order valence-corrected chi connectivity index (χ4v) is 5.38. The lowest BCUT2D eigenvalue weighted by atomic mass is 9.96. The molecule has 30 heavy (non-hydrogen) atoms. The molecular weight excluding hydrogens is 418 g/mol. The summed E-state index contributed by atoms with van der Waals surface area (Å²) in [6.45, 7) is 3.15. The number of amides is 1. The van der Waals surface area contributed by atoms with Gasteiger partial charge in [0.25, 0.3) is 5.91 Å². The predicted molar refractivity (Wildman–Crippen MR) is 119 cm³/mol. The van der Waals surface area contributed by atoms with Crippen LogP contribution in [0.2, 0.25) is 5.02 Å². The number of thiazole rings is 1. The minimum atomic E-state index is -0.0496. The normalized spacial score (nSPS) is 15.1. The van der Waals surface area contributed by atoms with Gasteiger partial charge in [-0.15, -0.1) is 11.3 Å². The van der Waals surface area contributed by atoms with Crippen molar-refractivity contribution in [1.82, 2.24) is 15.0 Å². The Kier molecular flexibility index (Phi) is 5.05. The first kappa shape index (κ1) is 19.3. The molecule has 1 amide bonds. The second kappa shape index (κ2) is 7.85. The minimum absolute atomic E-state index is 0.0496. The standard InChI is InChI=1S/C23H20ClN3O2S/c1-14-20(21(26-29-14)16-6-2-3-7-17(16)24)23(28)27-12-10-15(11-13-27)22-25-18-8-4-5-9-19(18)30-22/h2-9,15H,10-13H2,1H3. The van der Waals surface area contributed by atoms with E-state index < -0.39 is 0 Å². The molecule has 0 unspecified atom stereocenters. The molecule has 3 heterocycles. The van der Waals surface area contributed by atoms with Gasteiger partial charge in [-0.3, -0.25) is 4.79 Å². The lowest BCUT2D eigenvalue weighted by molar-refractivity contribution is 0.0712. The Hall–Kier alpha value is -2.70. The molecule has 5 nitrogen and oxygen atoms in total. The number of aryl methyl sites for hydroxylation is 1. The molecule has 0 atom stereocenters. The molecule has 1 aliphatic rings. The maximum atomic E-state index is 13.3. The van der Waals surface area contributed by atoms with Gasteiger partial charge in [-0.2, -0.15) is 0 Å². The highest BCUT2D eigenvalue weighted by Gasteiger charge is 2.31. The Balaban J connectivity index is 1.35. The van der Waals surface area contributed by atoms with E-state index >= 15 is 0 Å². The number of aromatic nitrogens is 2. The average molecular weight is 438 g/mol. The Morgan fingerprint density at radius 1 is 1.13 bits per heavy atom. The Labute approximate surface area is 183 Å². The van der Waals surface area contributed by atoms with Crippen LogP contribution in [0.3, 0.4) is 0 Å². The molecule has 1 saturated heterocycles. The van der Waals surface area contributed by atoms with Crippen LogP contribution < -0.4 is 0 Å². The number of para-hydroxylation sites is 1. The van der Waals surface area contributed by atoms with E-state index in [1.54, 1.807) is 24.3 Å². The molecule has 152 valence electrons. The lowest BCUT2D eigenvalue weighted by Gasteiger charge is -2.31. The molecule has 0 radical (unpaired) electrons. The first-order valence-electron chi connectivity index (χ1n) is 9.97. The third kappa shape index (κ3) is 3.40. The van der Waals surface area contributed by atoms with Gasteiger partial charge in [-0.05, 0) is 38.0 Å². The Morgan fingerprint density at radius 2 is 1.87 bits per heavy atom. The third-order valence-corrected chi connectivity index (χ3v) is 7.18. The van der Waals surface area contributed by atoms with Gasteiger partial charge in [0.15, 0.2) is 0 Å².